The van der Waals surface area contributed by atoms with Crippen molar-refractivity contribution in [1.29, 1.82) is 0 Å². The Balaban J connectivity index is 1.72. The molecule has 2 N–H and O–H groups in total. The van der Waals surface area contributed by atoms with Gasteiger partial charge in [0.25, 0.3) is 0 Å². The number of aromatic amines is 1. The zero-order valence-corrected chi connectivity index (χ0v) is 13.7. The lowest BCUT2D eigenvalue weighted by Gasteiger charge is -2.12. The molecule has 1 saturated heterocycles. The fraction of sp³-hybridized carbons (Fsp3) is 0.400. The second-order valence-corrected chi connectivity index (χ2v) is 5.96. The predicted molar refractivity (Wildman–Crippen MR) is 85.2 cm³/mol. The standard InChI is InChI=1S/C15H14F4N6O2/c16-10-5-26-6-11(10)22-14-23-13-12(27-7-15(17,18)19)9(1-2-25(13)24-14)8-3-20-21-4-8/h1-4,10-11H,5-7H2,(H,20,21)(H,22,24)/t10-,11?/m0/s1. The quantitative estimate of drug-likeness (QED) is 0.654. The van der Waals surface area contributed by atoms with Gasteiger partial charge in [-0.2, -0.15) is 23.3 Å². The van der Waals surface area contributed by atoms with E-state index in [2.05, 4.69) is 25.6 Å². The summed E-state index contributed by atoms with van der Waals surface area (Å²) in [5, 5.41) is 13.3. The third-order valence-corrected chi connectivity index (χ3v) is 3.98. The summed E-state index contributed by atoms with van der Waals surface area (Å²) in [5.41, 5.74) is 0.960. The Hall–Kier alpha value is -2.89. The van der Waals surface area contributed by atoms with Crippen molar-refractivity contribution in [3.8, 4) is 16.9 Å². The number of anilines is 1. The predicted octanol–water partition coefficient (Wildman–Crippen LogP) is 2.21. The van der Waals surface area contributed by atoms with Crippen molar-refractivity contribution >= 4 is 11.6 Å². The maximum atomic E-state index is 13.7. The van der Waals surface area contributed by atoms with Gasteiger partial charge in [0.2, 0.25) is 5.95 Å². The molecule has 2 atom stereocenters. The van der Waals surface area contributed by atoms with E-state index in [0.29, 0.717) is 11.1 Å². The first-order valence-electron chi connectivity index (χ1n) is 7.97. The van der Waals surface area contributed by atoms with Crippen LogP contribution in [0.2, 0.25) is 0 Å². The molecule has 4 heterocycles. The van der Waals surface area contributed by atoms with E-state index >= 15 is 0 Å². The molecule has 1 unspecified atom stereocenters. The van der Waals surface area contributed by atoms with Crippen LogP contribution in [0.25, 0.3) is 16.8 Å². The van der Waals surface area contributed by atoms with Crippen molar-refractivity contribution in [2.24, 2.45) is 0 Å². The number of pyridine rings is 1. The molecule has 0 spiro atoms. The van der Waals surface area contributed by atoms with E-state index < -0.39 is 25.0 Å². The smallest absolute Gasteiger partial charge is 0.422 e. The third kappa shape index (κ3) is 3.65. The van der Waals surface area contributed by atoms with Crippen LogP contribution in [0.3, 0.4) is 0 Å². The Morgan fingerprint density at radius 2 is 2.22 bits per heavy atom. The van der Waals surface area contributed by atoms with Crippen molar-refractivity contribution in [1.82, 2.24) is 24.8 Å². The fourth-order valence-electron chi connectivity index (χ4n) is 2.73. The van der Waals surface area contributed by atoms with Crippen molar-refractivity contribution in [3.05, 3.63) is 24.7 Å². The molecular formula is C15H14F4N6O2. The minimum Gasteiger partial charge on any atom is -0.479 e. The maximum Gasteiger partial charge on any atom is 0.422 e. The second kappa shape index (κ2) is 6.68. The van der Waals surface area contributed by atoms with Crippen molar-refractivity contribution in [2.75, 3.05) is 25.1 Å². The van der Waals surface area contributed by atoms with Gasteiger partial charge in [-0.3, -0.25) is 5.10 Å². The molecule has 144 valence electrons. The van der Waals surface area contributed by atoms with Gasteiger partial charge in [0.05, 0.1) is 25.5 Å². The number of alkyl halides is 4. The lowest BCUT2D eigenvalue weighted by Crippen LogP contribution is -2.29. The maximum absolute atomic E-state index is 13.7. The van der Waals surface area contributed by atoms with E-state index in [1.165, 1.54) is 23.1 Å². The average molecular weight is 386 g/mol. The normalized spacial score (nSPS) is 20.3. The van der Waals surface area contributed by atoms with Gasteiger partial charge < -0.3 is 14.8 Å². The van der Waals surface area contributed by atoms with E-state index in [1.54, 1.807) is 6.07 Å². The molecule has 1 fully saturated rings. The summed E-state index contributed by atoms with van der Waals surface area (Å²) < 4.78 is 63.1. The first-order valence-corrected chi connectivity index (χ1v) is 7.97. The molecule has 3 aromatic rings. The number of nitrogens with one attached hydrogen (secondary N) is 2. The highest BCUT2D eigenvalue weighted by atomic mass is 19.4. The van der Waals surface area contributed by atoms with Crippen LogP contribution in [0.15, 0.2) is 24.7 Å². The summed E-state index contributed by atoms with van der Waals surface area (Å²) in [6.45, 7) is -1.37. The van der Waals surface area contributed by atoms with Crippen LogP contribution in [0, 0.1) is 0 Å². The van der Waals surface area contributed by atoms with E-state index in [0.717, 1.165) is 0 Å². The zero-order chi connectivity index (χ0) is 19.0. The zero-order valence-electron chi connectivity index (χ0n) is 13.7. The summed E-state index contributed by atoms with van der Waals surface area (Å²) >= 11 is 0. The van der Waals surface area contributed by atoms with Gasteiger partial charge in [-0.1, -0.05) is 0 Å². The number of H-pyrrole nitrogens is 1. The van der Waals surface area contributed by atoms with Gasteiger partial charge >= 0.3 is 6.18 Å². The van der Waals surface area contributed by atoms with Crippen LogP contribution in [0.5, 0.6) is 5.75 Å². The Kier molecular flexibility index (Phi) is 4.34. The van der Waals surface area contributed by atoms with E-state index in [1.807, 2.05) is 0 Å². The molecule has 0 saturated carbocycles. The SMILES string of the molecule is F[C@H]1COCC1Nc1nc2c(OCC(F)(F)F)c(-c3cn[nH]c3)ccn2n1. The summed E-state index contributed by atoms with van der Waals surface area (Å²) in [6, 6.07) is 0.911. The first-order chi connectivity index (χ1) is 12.9. The van der Waals surface area contributed by atoms with Gasteiger partial charge in [-0.25, -0.2) is 8.91 Å². The van der Waals surface area contributed by atoms with Crippen LogP contribution < -0.4 is 10.1 Å². The van der Waals surface area contributed by atoms with Gasteiger partial charge in [-0.15, -0.1) is 5.10 Å². The Labute approximate surface area is 149 Å². The fourth-order valence-corrected chi connectivity index (χ4v) is 2.73. The number of hydrogen-bond acceptors (Lipinski definition) is 6. The van der Waals surface area contributed by atoms with E-state index in [-0.39, 0.29) is 30.6 Å². The molecule has 0 radical (unpaired) electrons. The van der Waals surface area contributed by atoms with Crippen LogP contribution in [-0.4, -0.2) is 63.0 Å². The minimum absolute atomic E-state index is 0.0321. The number of halogens is 4. The lowest BCUT2D eigenvalue weighted by molar-refractivity contribution is -0.153. The Morgan fingerprint density at radius 1 is 1.37 bits per heavy atom. The molecule has 3 aromatic heterocycles. The lowest BCUT2D eigenvalue weighted by atomic mass is 10.1. The van der Waals surface area contributed by atoms with Crippen LogP contribution >= 0.6 is 0 Å². The molecule has 8 nitrogen and oxygen atoms in total. The Bertz CT molecular complexity index is 926. The minimum atomic E-state index is -4.52. The number of rotatable bonds is 5. The third-order valence-electron chi connectivity index (χ3n) is 3.98. The van der Waals surface area contributed by atoms with Crippen LogP contribution in [0.4, 0.5) is 23.5 Å². The molecular weight excluding hydrogens is 372 g/mol. The van der Waals surface area contributed by atoms with Crippen molar-refractivity contribution in [2.45, 2.75) is 18.4 Å². The molecule has 1 aliphatic heterocycles. The van der Waals surface area contributed by atoms with Gasteiger partial charge in [-0.05, 0) is 6.07 Å². The summed E-state index contributed by atoms with van der Waals surface area (Å²) in [6.07, 6.45) is -1.26. The number of nitrogens with zero attached hydrogens (tertiary/aromatic N) is 4. The largest absolute Gasteiger partial charge is 0.479 e. The van der Waals surface area contributed by atoms with Gasteiger partial charge in [0.1, 0.15) is 6.17 Å². The van der Waals surface area contributed by atoms with E-state index in [9.17, 15) is 17.6 Å². The van der Waals surface area contributed by atoms with E-state index in [4.69, 9.17) is 9.47 Å². The topological polar surface area (TPSA) is 89.4 Å². The summed E-state index contributed by atoms with van der Waals surface area (Å²) in [5.74, 6) is -0.0365. The number of ether oxygens (including phenoxy) is 2. The average Bonchev–Trinajstić information content (AvgIpc) is 3.33. The number of aromatic nitrogens is 5. The number of hydrogen-bond donors (Lipinski definition) is 2. The molecule has 1 aliphatic rings. The van der Waals surface area contributed by atoms with Crippen molar-refractivity contribution in [3.63, 3.8) is 0 Å². The summed E-state index contributed by atoms with van der Waals surface area (Å²) in [7, 11) is 0. The number of fused-ring (bicyclic) bond motifs is 1. The molecule has 12 heteroatoms. The van der Waals surface area contributed by atoms with Gasteiger partial charge in [0, 0.05) is 23.5 Å². The Morgan fingerprint density at radius 3 is 2.89 bits per heavy atom. The highest BCUT2D eigenvalue weighted by Crippen LogP contribution is 2.34. The molecule has 4 rings (SSSR count). The molecule has 0 amide bonds. The molecule has 0 aromatic carbocycles. The summed E-state index contributed by atoms with van der Waals surface area (Å²) in [4.78, 5) is 4.18. The second-order valence-electron chi connectivity index (χ2n) is 5.96. The molecule has 27 heavy (non-hydrogen) atoms. The highest BCUT2D eigenvalue weighted by molar-refractivity contribution is 5.77. The molecule has 0 aliphatic carbocycles. The van der Waals surface area contributed by atoms with Crippen molar-refractivity contribution < 1.29 is 27.0 Å². The van der Waals surface area contributed by atoms with Crippen LogP contribution in [0.1, 0.15) is 0 Å². The first kappa shape index (κ1) is 17.5. The molecule has 0 bridgehead atoms. The van der Waals surface area contributed by atoms with Crippen LogP contribution in [-0.2, 0) is 4.74 Å². The monoisotopic (exact) mass is 386 g/mol. The highest BCUT2D eigenvalue weighted by Gasteiger charge is 2.31. The van der Waals surface area contributed by atoms with Gasteiger partial charge in [0.15, 0.2) is 18.0 Å².